The molecule has 1 heterocycles. The Balaban J connectivity index is 2.03. The average Bonchev–Trinajstić information content (AvgIpc) is 2.60. The van der Waals surface area contributed by atoms with Gasteiger partial charge in [-0.3, -0.25) is 4.79 Å². The Bertz CT molecular complexity index is 264. The first-order chi connectivity index (χ1) is 7.22. The highest BCUT2D eigenvalue weighted by molar-refractivity contribution is 5.79. The summed E-state index contributed by atoms with van der Waals surface area (Å²) in [5.41, 5.74) is 6.09. The van der Waals surface area contributed by atoms with Crippen molar-refractivity contribution in [2.24, 2.45) is 11.7 Å². The molecule has 0 aromatic rings. The monoisotopic (exact) mass is 208 g/mol. The zero-order valence-electron chi connectivity index (χ0n) is 9.19. The second kappa shape index (κ2) is 4.35. The van der Waals surface area contributed by atoms with Crippen LogP contribution >= 0.6 is 0 Å². The summed E-state index contributed by atoms with van der Waals surface area (Å²) < 4.78 is 0. The third kappa shape index (κ3) is 2.07. The Morgan fingerprint density at radius 3 is 2.73 bits per heavy atom. The fraction of sp³-hybridized carbons (Fsp3) is 0.750. The minimum Gasteiger partial charge on any atom is -0.338 e. The van der Waals surface area contributed by atoms with Gasteiger partial charge in [-0.25, -0.2) is 0 Å². The molecule has 1 amide bonds. The fourth-order valence-corrected chi connectivity index (χ4v) is 2.77. The molecule has 1 saturated heterocycles. The molecule has 2 rings (SSSR count). The average molecular weight is 208 g/mol. The quantitative estimate of drug-likeness (QED) is 0.695. The third-order valence-corrected chi connectivity index (χ3v) is 3.70. The van der Waals surface area contributed by atoms with Crippen molar-refractivity contribution in [2.75, 3.05) is 6.54 Å². The molecular formula is C12H20N2O. The molecule has 0 spiro atoms. The second-order valence-corrected chi connectivity index (χ2v) is 4.76. The topological polar surface area (TPSA) is 46.3 Å². The number of hydrogen-bond donors (Lipinski definition) is 1. The number of hydrogen-bond acceptors (Lipinski definition) is 2. The lowest BCUT2D eigenvalue weighted by molar-refractivity contribution is -0.130. The first kappa shape index (κ1) is 10.7. The Morgan fingerprint density at radius 1 is 1.40 bits per heavy atom. The molecule has 2 fully saturated rings. The molecule has 3 heteroatoms. The van der Waals surface area contributed by atoms with Crippen LogP contribution in [-0.4, -0.2) is 29.4 Å². The van der Waals surface area contributed by atoms with Gasteiger partial charge >= 0.3 is 0 Å². The summed E-state index contributed by atoms with van der Waals surface area (Å²) in [7, 11) is 0. The molecule has 1 aliphatic heterocycles. The molecule has 1 aliphatic carbocycles. The van der Waals surface area contributed by atoms with Crippen molar-refractivity contribution in [1.29, 1.82) is 0 Å². The minimum absolute atomic E-state index is 0.186. The van der Waals surface area contributed by atoms with Crippen LogP contribution in [0.3, 0.4) is 0 Å². The van der Waals surface area contributed by atoms with Crippen LogP contribution in [0.1, 0.15) is 32.1 Å². The lowest BCUT2D eigenvalue weighted by Crippen LogP contribution is -2.50. The van der Waals surface area contributed by atoms with Gasteiger partial charge in [0, 0.05) is 31.0 Å². The van der Waals surface area contributed by atoms with E-state index in [4.69, 9.17) is 5.73 Å². The maximum absolute atomic E-state index is 11.8. The summed E-state index contributed by atoms with van der Waals surface area (Å²) >= 11 is 0. The van der Waals surface area contributed by atoms with E-state index in [1.165, 1.54) is 12.8 Å². The molecule has 0 aromatic heterocycles. The van der Waals surface area contributed by atoms with Crippen LogP contribution in [0.5, 0.6) is 0 Å². The van der Waals surface area contributed by atoms with E-state index in [-0.39, 0.29) is 18.0 Å². The highest BCUT2D eigenvalue weighted by Gasteiger charge is 2.36. The van der Waals surface area contributed by atoms with Crippen LogP contribution in [0.15, 0.2) is 12.7 Å². The van der Waals surface area contributed by atoms with Gasteiger partial charge in [-0.1, -0.05) is 18.9 Å². The second-order valence-electron chi connectivity index (χ2n) is 4.76. The molecule has 0 bridgehead atoms. The van der Waals surface area contributed by atoms with Gasteiger partial charge in [-0.2, -0.15) is 0 Å². The highest BCUT2D eigenvalue weighted by atomic mass is 16.2. The zero-order chi connectivity index (χ0) is 10.8. The van der Waals surface area contributed by atoms with Crippen molar-refractivity contribution < 1.29 is 4.79 Å². The van der Waals surface area contributed by atoms with Crippen LogP contribution in [0.25, 0.3) is 0 Å². The van der Waals surface area contributed by atoms with Crippen LogP contribution in [0, 0.1) is 5.92 Å². The third-order valence-electron chi connectivity index (χ3n) is 3.70. The van der Waals surface area contributed by atoms with Gasteiger partial charge in [0.15, 0.2) is 0 Å². The van der Waals surface area contributed by atoms with E-state index in [9.17, 15) is 4.79 Å². The molecule has 15 heavy (non-hydrogen) atoms. The lowest BCUT2D eigenvalue weighted by atomic mass is 9.90. The molecule has 3 nitrogen and oxygen atoms in total. The molecule has 2 N–H and O–H groups in total. The molecule has 0 radical (unpaired) electrons. The number of likely N-dealkylation sites (tertiary alicyclic amines) is 1. The predicted molar refractivity (Wildman–Crippen MR) is 60.2 cm³/mol. The summed E-state index contributed by atoms with van der Waals surface area (Å²) in [4.78, 5) is 13.8. The molecule has 3 atom stereocenters. The van der Waals surface area contributed by atoms with Gasteiger partial charge in [-0.05, 0) is 12.8 Å². The van der Waals surface area contributed by atoms with Gasteiger partial charge in [0.1, 0.15) is 0 Å². The molecule has 84 valence electrons. The summed E-state index contributed by atoms with van der Waals surface area (Å²) in [6.07, 6.45) is 7.09. The van der Waals surface area contributed by atoms with Crippen molar-refractivity contribution in [1.82, 2.24) is 4.90 Å². The van der Waals surface area contributed by atoms with E-state index in [2.05, 4.69) is 6.58 Å². The van der Waals surface area contributed by atoms with Crippen LogP contribution in [0.4, 0.5) is 0 Å². The number of amides is 1. The molecule has 1 unspecified atom stereocenters. The van der Waals surface area contributed by atoms with E-state index >= 15 is 0 Å². The summed E-state index contributed by atoms with van der Waals surface area (Å²) in [5, 5.41) is 0. The standard InChI is InChI=1S/C12H20N2O/c1-2-9-7-12(15)14(8-9)11-6-4-3-5-10(11)13/h2,9-11H,1,3-8,13H2/t9?,10-,11-/m0/s1. The Morgan fingerprint density at radius 2 is 2.13 bits per heavy atom. The smallest absolute Gasteiger partial charge is 0.223 e. The Labute approximate surface area is 91.3 Å². The van der Waals surface area contributed by atoms with E-state index < -0.39 is 0 Å². The Kier molecular flexibility index (Phi) is 3.10. The lowest BCUT2D eigenvalue weighted by Gasteiger charge is -2.36. The van der Waals surface area contributed by atoms with E-state index in [0.29, 0.717) is 12.3 Å². The first-order valence-electron chi connectivity index (χ1n) is 5.90. The molecule has 2 aliphatic rings. The molecule has 0 aromatic carbocycles. The van der Waals surface area contributed by atoms with Gasteiger partial charge in [-0.15, -0.1) is 6.58 Å². The summed E-state index contributed by atoms with van der Waals surface area (Å²) in [5.74, 6) is 0.605. The fourth-order valence-electron chi connectivity index (χ4n) is 2.77. The van der Waals surface area contributed by atoms with Crippen molar-refractivity contribution >= 4 is 5.91 Å². The first-order valence-corrected chi connectivity index (χ1v) is 5.90. The van der Waals surface area contributed by atoms with Crippen LogP contribution in [0.2, 0.25) is 0 Å². The number of nitrogens with zero attached hydrogens (tertiary/aromatic N) is 1. The summed E-state index contributed by atoms with van der Waals surface area (Å²) in [6.45, 7) is 4.60. The maximum Gasteiger partial charge on any atom is 0.223 e. The number of nitrogens with two attached hydrogens (primary N) is 1. The number of carbonyl (C=O) groups excluding carboxylic acids is 1. The van der Waals surface area contributed by atoms with E-state index in [1.54, 1.807) is 0 Å². The number of rotatable bonds is 2. The largest absolute Gasteiger partial charge is 0.338 e. The maximum atomic E-state index is 11.8. The normalized spacial score (nSPS) is 37.0. The number of carbonyl (C=O) groups is 1. The molecule has 1 saturated carbocycles. The van der Waals surface area contributed by atoms with Crippen molar-refractivity contribution in [3.05, 3.63) is 12.7 Å². The summed E-state index contributed by atoms with van der Waals surface area (Å²) in [6, 6.07) is 0.475. The van der Waals surface area contributed by atoms with E-state index in [1.807, 2.05) is 11.0 Å². The predicted octanol–water partition coefficient (Wildman–Crippen LogP) is 1.29. The van der Waals surface area contributed by atoms with Gasteiger partial charge in [0.25, 0.3) is 0 Å². The van der Waals surface area contributed by atoms with Gasteiger partial charge in [0.2, 0.25) is 5.91 Å². The minimum atomic E-state index is 0.186. The van der Waals surface area contributed by atoms with E-state index in [0.717, 1.165) is 19.4 Å². The van der Waals surface area contributed by atoms with Crippen molar-refractivity contribution in [3.8, 4) is 0 Å². The van der Waals surface area contributed by atoms with Crippen molar-refractivity contribution in [2.45, 2.75) is 44.2 Å². The highest BCUT2D eigenvalue weighted by Crippen LogP contribution is 2.28. The molecular weight excluding hydrogens is 188 g/mol. The van der Waals surface area contributed by atoms with Crippen LogP contribution in [-0.2, 0) is 4.79 Å². The zero-order valence-corrected chi connectivity index (χ0v) is 9.19. The van der Waals surface area contributed by atoms with Gasteiger partial charge in [0.05, 0.1) is 0 Å². The SMILES string of the molecule is C=CC1CC(=O)N([C@H]2CCCC[C@@H]2N)C1. The van der Waals surface area contributed by atoms with Crippen molar-refractivity contribution in [3.63, 3.8) is 0 Å². The van der Waals surface area contributed by atoms with Crippen LogP contribution < -0.4 is 5.73 Å². The Hall–Kier alpha value is -0.830. The van der Waals surface area contributed by atoms with Gasteiger partial charge < -0.3 is 10.6 Å².